The van der Waals surface area contributed by atoms with Gasteiger partial charge in [0.05, 0.1) is 6.10 Å². The molecule has 1 amide bonds. The number of rotatable bonds is 3. The van der Waals surface area contributed by atoms with Crippen LogP contribution in [0.5, 0.6) is 0 Å². The van der Waals surface area contributed by atoms with Crippen molar-refractivity contribution in [1.29, 1.82) is 0 Å². The second kappa shape index (κ2) is 5.23. The van der Waals surface area contributed by atoms with Crippen LogP contribution in [0.4, 0.5) is 10.5 Å². The van der Waals surface area contributed by atoms with Crippen molar-refractivity contribution in [3.8, 4) is 0 Å². The molecular weight excluding hydrogens is 215 g/mol. The Morgan fingerprint density at radius 2 is 2.18 bits per heavy atom. The van der Waals surface area contributed by atoms with E-state index in [1.165, 1.54) is 0 Å². The zero-order valence-electron chi connectivity index (χ0n) is 9.60. The molecule has 0 spiro atoms. The first-order valence-electron chi connectivity index (χ1n) is 5.70. The van der Waals surface area contributed by atoms with Crippen molar-refractivity contribution in [2.24, 2.45) is 0 Å². The van der Waals surface area contributed by atoms with Gasteiger partial charge in [-0.1, -0.05) is 12.1 Å². The van der Waals surface area contributed by atoms with Gasteiger partial charge in [-0.25, -0.2) is 0 Å². The Labute approximate surface area is 102 Å². The molecule has 17 heavy (non-hydrogen) atoms. The van der Waals surface area contributed by atoms with Crippen LogP contribution in [0.25, 0.3) is 0 Å². The molecule has 5 heteroatoms. The Kier molecular flexibility index (Phi) is 3.69. The summed E-state index contributed by atoms with van der Waals surface area (Å²) >= 11 is 0. The fraction of sp³-hybridized carbons (Fsp3) is 0.417. The van der Waals surface area contributed by atoms with Crippen LogP contribution < -0.4 is 10.2 Å². The number of nitrogens with one attached hydrogen (secondary N) is 1. The molecule has 0 aromatic heterocycles. The predicted molar refractivity (Wildman–Crippen MR) is 67.3 cm³/mol. The Hall–Kier alpha value is -1.49. The summed E-state index contributed by atoms with van der Waals surface area (Å²) in [6, 6.07) is 7.90. The smallest absolute Gasteiger partial charge is 0.200 e. The lowest BCUT2D eigenvalue weighted by Crippen LogP contribution is -2.22. The lowest BCUT2D eigenvalue weighted by molar-refractivity contribution is 0.198. The highest BCUT2D eigenvalue weighted by molar-refractivity contribution is 6.57. The van der Waals surface area contributed by atoms with Crippen LogP contribution in [0.2, 0.25) is 0 Å². The van der Waals surface area contributed by atoms with E-state index < -0.39 is 5.81 Å². The molecule has 4 nitrogen and oxygen atoms in total. The van der Waals surface area contributed by atoms with Gasteiger partial charge in [0.25, 0.3) is 0 Å². The molecule has 88 valence electrons. The monoisotopic (exact) mass is 230 g/mol. The maximum Gasteiger partial charge on any atom is 0.200 e. The molecule has 1 aromatic carbocycles. The second-order valence-corrected chi connectivity index (χ2v) is 4.27. The zero-order valence-corrected chi connectivity index (χ0v) is 9.60. The molecule has 1 fully saturated rings. The maximum atomic E-state index is 10.6. The van der Waals surface area contributed by atoms with E-state index in [0.717, 1.165) is 24.2 Å². The fourth-order valence-corrected chi connectivity index (χ4v) is 1.99. The van der Waals surface area contributed by atoms with E-state index in [0.29, 0.717) is 13.1 Å². The van der Waals surface area contributed by atoms with E-state index in [4.69, 9.17) is 7.85 Å². The largest absolute Gasteiger partial charge is 0.391 e. The van der Waals surface area contributed by atoms with Gasteiger partial charge in [-0.2, -0.15) is 0 Å². The number of benzene rings is 1. The first-order valence-corrected chi connectivity index (χ1v) is 5.70. The number of anilines is 1. The molecule has 1 aliphatic rings. The molecule has 0 aliphatic carbocycles. The molecule has 1 aliphatic heterocycles. The summed E-state index contributed by atoms with van der Waals surface area (Å²) in [5.41, 5.74) is 2.11. The number of carbonyl (C=O) groups is 1. The summed E-state index contributed by atoms with van der Waals surface area (Å²) in [7, 11) is 5.00. The highest BCUT2D eigenvalue weighted by Gasteiger charge is 2.19. The number of carbonyl (C=O) groups excluding carboxylic acids is 1. The summed E-state index contributed by atoms with van der Waals surface area (Å²) in [5, 5.41) is 12.0. The lowest BCUT2D eigenvalue weighted by atomic mass is 10.1. The number of hydrogen-bond acceptors (Lipinski definition) is 3. The highest BCUT2D eigenvalue weighted by Crippen LogP contribution is 2.20. The number of aliphatic hydroxyl groups is 1. The van der Waals surface area contributed by atoms with Crippen molar-refractivity contribution in [1.82, 2.24) is 5.32 Å². The summed E-state index contributed by atoms with van der Waals surface area (Å²) in [6.07, 6.45) is 0.608. The zero-order chi connectivity index (χ0) is 12.3. The third kappa shape index (κ3) is 3.23. The molecule has 1 saturated heterocycles. The van der Waals surface area contributed by atoms with Crippen LogP contribution in [-0.2, 0) is 6.54 Å². The number of hydrogen-bond donors (Lipinski definition) is 2. The molecule has 0 saturated carbocycles. The minimum absolute atomic E-state index is 0.216. The van der Waals surface area contributed by atoms with Gasteiger partial charge in [-0.15, -0.1) is 0 Å². The molecule has 1 aromatic rings. The maximum absolute atomic E-state index is 10.6. The average Bonchev–Trinajstić information content (AvgIpc) is 2.74. The first-order chi connectivity index (χ1) is 8.15. The Balaban J connectivity index is 1.95. The average molecular weight is 230 g/mol. The van der Waals surface area contributed by atoms with Crippen molar-refractivity contribution in [3.05, 3.63) is 29.8 Å². The molecule has 0 bridgehead atoms. The molecule has 0 unspecified atom stereocenters. The van der Waals surface area contributed by atoms with Crippen molar-refractivity contribution < 1.29 is 9.90 Å². The van der Waals surface area contributed by atoms with Gasteiger partial charge in [-0.05, 0) is 24.1 Å². The summed E-state index contributed by atoms with van der Waals surface area (Å²) in [4.78, 5) is 12.7. The van der Waals surface area contributed by atoms with Gasteiger partial charge in [-0.3, -0.25) is 4.79 Å². The molecular formula is C12H15BN2O2. The fourth-order valence-electron chi connectivity index (χ4n) is 1.99. The third-order valence-electron chi connectivity index (χ3n) is 2.93. The Morgan fingerprint density at radius 3 is 2.71 bits per heavy atom. The minimum atomic E-state index is -0.517. The number of aliphatic hydroxyl groups excluding tert-OH is 1. The first kappa shape index (κ1) is 12.0. The number of β-amino-alcohol motifs (C(OH)–C–C–N with tert-alkyl or cyclic N) is 1. The molecule has 2 rings (SSSR count). The van der Waals surface area contributed by atoms with Gasteiger partial charge in [0, 0.05) is 25.3 Å². The normalized spacial score (nSPS) is 19.4. The van der Waals surface area contributed by atoms with E-state index in [-0.39, 0.29) is 6.10 Å². The number of nitrogens with zero attached hydrogens (tertiary/aromatic N) is 1. The van der Waals surface area contributed by atoms with Crippen molar-refractivity contribution in [2.75, 3.05) is 18.0 Å². The molecule has 2 N–H and O–H groups in total. The number of amides is 1. The second-order valence-electron chi connectivity index (χ2n) is 4.27. The van der Waals surface area contributed by atoms with Crippen LogP contribution in [0.3, 0.4) is 0 Å². The highest BCUT2D eigenvalue weighted by atomic mass is 16.3. The quantitative estimate of drug-likeness (QED) is 0.749. The van der Waals surface area contributed by atoms with Gasteiger partial charge >= 0.3 is 0 Å². The SMILES string of the molecule is [B]C(=O)NCc1ccc(N2CC[C@H](O)C2)cc1. The van der Waals surface area contributed by atoms with Crippen LogP contribution in [0.15, 0.2) is 24.3 Å². The molecule has 2 radical (unpaired) electrons. The van der Waals surface area contributed by atoms with E-state index in [1.807, 2.05) is 24.3 Å². The van der Waals surface area contributed by atoms with Gasteiger partial charge in [0.2, 0.25) is 7.85 Å². The summed E-state index contributed by atoms with van der Waals surface area (Å²) < 4.78 is 0. The summed E-state index contributed by atoms with van der Waals surface area (Å²) in [6.45, 7) is 2.02. The van der Waals surface area contributed by atoms with Crippen molar-refractivity contribution >= 4 is 19.3 Å². The molecule has 1 atom stereocenters. The summed E-state index contributed by atoms with van der Waals surface area (Å²) in [5.74, 6) is -0.517. The van der Waals surface area contributed by atoms with E-state index in [2.05, 4.69) is 10.2 Å². The third-order valence-corrected chi connectivity index (χ3v) is 2.93. The predicted octanol–water partition coefficient (Wildman–Crippen LogP) is 0.636. The van der Waals surface area contributed by atoms with Crippen LogP contribution in [0.1, 0.15) is 12.0 Å². The lowest BCUT2D eigenvalue weighted by Gasteiger charge is -2.18. The van der Waals surface area contributed by atoms with E-state index in [9.17, 15) is 9.90 Å². The Morgan fingerprint density at radius 1 is 1.47 bits per heavy atom. The van der Waals surface area contributed by atoms with Gasteiger partial charge in [0.15, 0.2) is 5.81 Å². The van der Waals surface area contributed by atoms with Gasteiger partial charge < -0.3 is 15.3 Å². The van der Waals surface area contributed by atoms with Crippen molar-refractivity contribution in [3.63, 3.8) is 0 Å². The Bertz CT molecular complexity index is 394. The van der Waals surface area contributed by atoms with Crippen LogP contribution in [-0.4, -0.2) is 38.0 Å². The van der Waals surface area contributed by atoms with E-state index >= 15 is 0 Å². The molecule has 1 heterocycles. The topological polar surface area (TPSA) is 52.6 Å². The standard InChI is InChI=1S/C12H15BN2O2/c13-12(17)14-7-9-1-3-10(4-2-9)15-6-5-11(16)8-15/h1-4,11,16H,5-8H2,(H,14,17)/t11-/m0/s1. The van der Waals surface area contributed by atoms with Crippen LogP contribution in [0, 0.1) is 0 Å². The van der Waals surface area contributed by atoms with E-state index in [1.54, 1.807) is 0 Å². The van der Waals surface area contributed by atoms with Crippen LogP contribution >= 0.6 is 0 Å². The van der Waals surface area contributed by atoms with Gasteiger partial charge in [0.1, 0.15) is 0 Å². The van der Waals surface area contributed by atoms with Crippen molar-refractivity contribution in [2.45, 2.75) is 19.1 Å². The minimum Gasteiger partial charge on any atom is -0.391 e.